The number of amides is 1. The van der Waals surface area contributed by atoms with Crippen molar-refractivity contribution in [3.8, 4) is 0 Å². The van der Waals surface area contributed by atoms with Crippen molar-refractivity contribution >= 4 is 63.7 Å². The summed E-state index contributed by atoms with van der Waals surface area (Å²) in [6.07, 6.45) is 1.53. The lowest BCUT2D eigenvalue weighted by atomic mass is 10.1. The fourth-order valence-electron chi connectivity index (χ4n) is 3.47. The number of anilines is 2. The molecule has 4 rings (SSSR count). The average Bonchev–Trinajstić information content (AvgIpc) is 3.28. The van der Waals surface area contributed by atoms with Crippen molar-refractivity contribution in [2.24, 2.45) is 5.92 Å². The van der Waals surface area contributed by atoms with Crippen LogP contribution in [0.25, 0.3) is 0 Å². The van der Waals surface area contributed by atoms with E-state index in [0.29, 0.717) is 28.0 Å². The predicted octanol–water partition coefficient (Wildman–Crippen LogP) is 6.78. The molecule has 2 aromatic carbocycles. The summed E-state index contributed by atoms with van der Waals surface area (Å²) < 4.78 is 12.1. The lowest BCUT2D eigenvalue weighted by molar-refractivity contribution is 0.102. The molecule has 2 unspecified atom stereocenters. The number of nitrogens with zero attached hydrogens (tertiary/aromatic N) is 1. The third kappa shape index (κ3) is 5.07. The molecule has 0 spiro atoms. The molecule has 4 nitrogen and oxygen atoms in total. The lowest BCUT2D eigenvalue weighted by Crippen LogP contribution is -2.14. The molecule has 160 valence electrons. The van der Waals surface area contributed by atoms with Crippen LogP contribution in [0.5, 0.6) is 0 Å². The summed E-state index contributed by atoms with van der Waals surface area (Å²) in [6, 6.07) is 14.1. The number of alkyl halides is 2. The number of nitrogens with one attached hydrogen (secondary N) is 2. The number of halogens is 5. The van der Waals surface area contributed by atoms with Crippen LogP contribution in [0.2, 0.25) is 10.0 Å². The van der Waals surface area contributed by atoms with E-state index in [9.17, 15) is 9.18 Å². The van der Waals surface area contributed by atoms with Gasteiger partial charge in [0.05, 0.1) is 0 Å². The zero-order valence-electron chi connectivity index (χ0n) is 15.9. The maximum Gasteiger partial charge on any atom is 0.274 e. The van der Waals surface area contributed by atoms with E-state index in [0.717, 1.165) is 5.56 Å². The molecule has 1 fully saturated rings. The van der Waals surface area contributed by atoms with Crippen molar-refractivity contribution in [1.82, 2.24) is 4.98 Å². The molecular weight excluding hydrogens is 483 g/mol. The maximum atomic E-state index is 13.0. The molecule has 3 aromatic rings. The molecule has 2 N–H and O–H groups in total. The van der Waals surface area contributed by atoms with Crippen LogP contribution in [0.1, 0.15) is 22.0 Å². The Kier molecular flexibility index (Phi) is 6.31. The molecule has 1 amide bonds. The van der Waals surface area contributed by atoms with Crippen LogP contribution in [-0.4, -0.2) is 21.8 Å². The summed E-state index contributed by atoms with van der Waals surface area (Å²) in [4.78, 5) is 16.5. The van der Waals surface area contributed by atoms with Gasteiger partial charge in [-0.25, -0.2) is 4.39 Å². The van der Waals surface area contributed by atoms with E-state index in [2.05, 4.69) is 15.6 Å². The molecule has 9 heteroatoms. The Morgan fingerprint density at radius 3 is 2.35 bits per heavy atom. The van der Waals surface area contributed by atoms with Gasteiger partial charge in [-0.1, -0.05) is 23.2 Å². The summed E-state index contributed by atoms with van der Waals surface area (Å²) in [7, 11) is 0. The Hall–Kier alpha value is -2.05. The number of carbonyl (C=O) groups is 1. The van der Waals surface area contributed by atoms with Crippen molar-refractivity contribution < 1.29 is 9.18 Å². The van der Waals surface area contributed by atoms with Gasteiger partial charge in [-0.2, -0.15) is 0 Å². The topological polar surface area (TPSA) is 54.0 Å². The first-order valence-corrected chi connectivity index (χ1v) is 10.9. The van der Waals surface area contributed by atoms with Crippen molar-refractivity contribution in [2.75, 3.05) is 17.2 Å². The highest BCUT2D eigenvalue weighted by atomic mass is 35.5. The van der Waals surface area contributed by atoms with Gasteiger partial charge in [-0.3, -0.25) is 9.78 Å². The van der Waals surface area contributed by atoms with Crippen LogP contribution in [-0.2, 0) is 0 Å². The minimum absolute atomic E-state index is 0.0741. The molecule has 1 aliphatic carbocycles. The molecule has 0 aliphatic heterocycles. The quantitative estimate of drug-likeness (QED) is 0.368. The molecule has 2 atom stereocenters. The van der Waals surface area contributed by atoms with Crippen LogP contribution in [0.3, 0.4) is 0 Å². The Morgan fingerprint density at radius 1 is 1.00 bits per heavy atom. The fourth-order valence-corrected chi connectivity index (χ4v) is 4.85. The smallest absolute Gasteiger partial charge is 0.274 e. The maximum absolute atomic E-state index is 13.0. The van der Waals surface area contributed by atoms with Gasteiger partial charge in [-0.05, 0) is 60.2 Å². The van der Waals surface area contributed by atoms with E-state index in [1.165, 1.54) is 30.5 Å². The monoisotopic (exact) mass is 497 g/mol. The van der Waals surface area contributed by atoms with Crippen LogP contribution in [0.4, 0.5) is 15.8 Å². The van der Waals surface area contributed by atoms with E-state index in [1.54, 1.807) is 18.2 Å². The molecular formula is C22H16Cl4FN3O. The normalized spacial score (nSPS) is 19.0. The number of carbonyl (C=O) groups excluding carboxylic acids is 1. The highest BCUT2D eigenvalue weighted by molar-refractivity contribution is 6.52. The fraction of sp³-hybridized carbons (Fsp3) is 0.182. The molecule has 0 saturated heterocycles. The molecule has 31 heavy (non-hydrogen) atoms. The average molecular weight is 499 g/mol. The first-order valence-electron chi connectivity index (χ1n) is 9.34. The minimum Gasteiger partial charge on any atom is -0.385 e. The summed E-state index contributed by atoms with van der Waals surface area (Å²) in [5.41, 5.74) is 2.26. The zero-order valence-corrected chi connectivity index (χ0v) is 18.9. The third-order valence-electron chi connectivity index (χ3n) is 5.07. The molecule has 0 bridgehead atoms. The number of pyridine rings is 1. The zero-order chi connectivity index (χ0) is 22.2. The van der Waals surface area contributed by atoms with Crippen molar-refractivity contribution in [1.29, 1.82) is 0 Å². The van der Waals surface area contributed by atoms with Crippen LogP contribution < -0.4 is 10.6 Å². The SMILES string of the molecule is O=C(Nc1ccc(F)cc1)c1cc(NCC2C(c3cc(Cl)cc(Cl)c3)C2(Cl)Cl)ccn1. The van der Waals surface area contributed by atoms with E-state index in [-0.39, 0.29) is 23.3 Å². The van der Waals surface area contributed by atoms with Crippen molar-refractivity contribution in [3.05, 3.63) is 87.9 Å². The third-order valence-corrected chi connectivity index (χ3v) is 6.53. The van der Waals surface area contributed by atoms with Gasteiger partial charge < -0.3 is 10.6 Å². The second kappa shape index (κ2) is 8.83. The molecule has 1 saturated carbocycles. The molecule has 1 aromatic heterocycles. The Bertz CT molecular complexity index is 1100. The van der Waals surface area contributed by atoms with E-state index in [4.69, 9.17) is 46.4 Å². The number of hydrogen-bond acceptors (Lipinski definition) is 3. The van der Waals surface area contributed by atoms with Crippen molar-refractivity contribution in [3.63, 3.8) is 0 Å². The summed E-state index contributed by atoms with van der Waals surface area (Å²) in [5, 5.41) is 6.98. The van der Waals surface area contributed by atoms with Gasteiger partial charge in [0.25, 0.3) is 5.91 Å². The second-order valence-electron chi connectivity index (χ2n) is 7.23. The summed E-state index contributed by atoms with van der Waals surface area (Å²) >= 11 is 25.2. The molecule has 0 radical (unpaired) electrons. The van der Waals surface area contributed by atoms with Gasteiger partial charge in [0.2, 0.25) is 0 Å². The van der Waals surface area contributed by atoms with Gasteiger partial charge in [0.15, 0.2) is 0 Å². The van der Waals surface area contributed by atoms with E-state index < -0.39 is 10.2 Å². The van der Waals surface area contributed by atoms with Gasteiger partial charge >= 0.3 is 0 Å². The Morgan fingerprint density at radius 2 is 1.68 bits per heavy atom. The van der Waals surface area contributed by atoms with Gasteiger partial charge in [0, 0.05) is 46.0 Å². The largest absolute Gasteiger partial charge is 0.385 e. The van der Waals surface area contributed by atoms with Crippen LogP contribution in [0.15, 0.2) is 60.8 Å². The number of aromatic nitrogens is 1. The first kappa shape index (κ1) is 22.2. The van der Waals surface area contributed by atoms with E-state index in [1.807, 2.05) is 12.1 Å². The molecule has 1 heterocycles. The first-order chi connectivity index (χ1) is 14.7. The summed E-state index contributed by atoms with van der Waals surface area (Å²) in [5.74, 6) is -0.981. The lowest BCUT2D eigenvalue weighted by Gasteiger charge is -2.09. The van der Waals surface area contributed by atoms with Gasteiger partial charge in [0.1, 0.15) is 15.8 Å². The predicted molar refractivity (Wildman–Crippen MR) is 124 cm³/mol. The van der Waals surface area contributed by atoms with Gasteiger partial charge in [-0.15, -0.1) is 23.2 Å². The Labute approximate surface area is 198 Å². The number of hydrogen-bond donors (Lipinski definition) is 2. The Balaban J connectivity index is 1.41. The van der Waals surface area contributed by atoms with Crippen molar-refractivity contribution in [2.45, 2.75) is 10.3 Å². The van der Waals surface area contributed by atoms with Crippen LogP contribution >= 0.6 is 46.4 Å². The number of rotatable bonds is 6. The highest BCUT2D eigenvalue weighted by Crippen LogP contribution is 2.65. The minimum atomic E-state index is -0.948. The molecule has 1 aliphatic rings. The second-order valence-corrected chi connectivity index (χ2v) is 9.55. The van der Waals surface area contributed by atoms with E-state index >= 15 is 0 Å². The van der Waals surface area contributed by atoms with Crippen LogP contribution in [0, 0.1) is 11.7 Å². The summed E-state index contributed by atoms with van der Waals surface area (Å²) in [6.45, 7) is 0.477. The number of benzene rings is 2. The highest BCUT2D eigenvalue weighted by Gasteiger charge is 2.63. The standard InChI is InChI=1S/C22H16Cl4FN3O/c23-13-7-12(8-14(24)9-13)20-18(22(20,25)26)11-29-17-5-6-28-19(10-17)21(31)30-16-3-1-15(27)2-4-16/h1-10,18,20H,11H2,(H,28,29)(H,30,31).